The van der Waals surface area contributed by atoms with Crippen molar-refractivity contribution >= 4 is 17.9 Å². The molecule has 3 aromatic rings. The van der Waals surface area contributed by atoms with Crippen molar-refractivity contribution in [3.8, 4) is 11.5 Å². The lowest BCUT2D eigenvalue weighted by Gasteiger charge is -2.42. The van der Waals surface area contributed by atoms with Crippen LogP contribution in [-0.4, -0.2) is 77.7 Å². The minimum Gasteiger partial charge on any atom is -0.457 e. The Hall–Kier alpha value is -4.44. The number of methoxy groups -OCH3 is 1. The van der Waals surface area contributed by atoms with Crippen molar-refractivity contribution < 1.29 is 28.6 Å². The minimum absolute atomic E-state index is 0.0499. The summed E-state index contributed by atoms with van der Waals surface area (Å²) in [5.74, 6) is 0.169. The molecule has 0 bridgehead atoms. The van der Waals surface area contributed by atoms with E-state index in [1.54, 1.807) is 18.2 Å². The number of carbonyl (C=O) groups excluding carboxylic acids is 3. The highest BCUT2D eigenvalue weighted by Gasteiger charge is 2.45. The van der Waals surface area contributed by atoms with E-state index < -0.39 is 28.9 Å². The Balaban J connectivity index is 1.26. The number of piperidine rings is 1. The Bertz CT molecular complexity index is 1610. The van der Waals surface area contributed by atoms with Gasteiger partial charge in [-0.3, -0.25) is 14.6 Å². The summed E-state index contributed by atoms with van der Waals surface area (Å²) in [6.07, 6.45) is 5.96. The third kappa shape index (κ3) is 8.12. The van der Waals surface area contributed by atoms with Crippen LogP contribution in [0.2, 0.25) is 0 Å². The minimum atomic E-state index is -0.718. The third-order valence-electron chi connectivity index (χ3n) is 9.94. The third-order valence-corrected chi connectivity index (χ3v) is 9.94. The lowest BCUT2D eigenvalue weighted by atomic mass is 9.69. The molecule has 1 aromatic heterocycles. The fourth-order valence-electron chi connectivity index (χ4n) is 7.39. The summed E-state index contributed by atoms with van der Waals surface area (Å²) >= 11 is 0. The highest BCUT2D eigenvalue weighted by molar-refractivity contribution is 5.85. The zero-order valence-electron chi connectivity index (χ0n) is 29.7. The van der Waals surface area contributed by atoms with Gasteiger partial charge in [-0.15, -0.1) is 0 Å². The van der Waals surface area contributed by atoms with Gasteiger partial charge >= 0.3 is 6.09 Å². The van der Waals surface area contributed by atoms with E-state index >= 15 is 0 Å². The van der Waals surface area contributed by atoms with Crippen LogP contribution in [0.15, 0.2) is 72.9 Å². The molecule has 0 unspecified atom stereocenters. The van der Waals surface area contributed by atoms with E-state index in [1.807, 2.05) is 80.3 Å². The molecule has 2 aromatic carbocycles. The molecule has 3 aliphatic rings. The molecule has 1 saturated heterocycles. The van der Waals surface area contributed by atoms with Crippen LogP contribution < -0.4 is 10.1 Å². The first-order valence-electron chi connectivity index (χ1n) is 17.9. The standard InChI is InChI=1S/C40H50N4O6/c1-39(2,3)50-38(47)43-24-28(23-29(25-43)37(46)44(31-18-19-31)26-30-13-9-11-21-41-30)36(45)42-27-40(20-10-12-22-48-4)32-14-5-7-16-34(32)49-35-17-8-6-15-33(35)40/h5-9,11,13-17,21,28-29,31H,10,12,18-20,22-27H2,1-4H3,(H,42,45)/t28-,29+/m0/s1. The average Bonchev–Trinajstić information content (AvgIpc) is 3.96. The number of likely N-dealkylation sites (tertiary alicyclic amines) is 1. The average molecular weight is 683 g/mol. The fraction of sp³-hybridized carbons (Fsp3) is 0.500. The van der Waals surface area contributed by atoms with Gasteiger partial charge in [-0.05, 0) is 83.6 Å². The molecule has 1 aliphatic carbocycles. The summed E-state index contributed by atoms with van der Waals surface area (Å²) in [4.78, 5) is 50.0. The normalized spacial score (nSPS) is 19.4. The van der Waals surface area contributed by atoms with Crippen molar-refractivity contribution in [3.63, 3.8) is 0 Å². The highest BCUT2D eigenvalue weighted by Crippen LogP contribution is 2.50. The summed E-state index contributed by atoms with van der Waals surface area (Å²) in [6.45, 7) is 7.22. The summed E-state index contributed by atoms with van der Waals surface area (Å²) in [5, 5.41) is 3.32. The van der Waals surface area contributed by atoms with Gasteiger partial charge in [0, 0.05) is 62.1 Å². The van der Waals surface area contributed by atoms with Crippen LogP contribution >= 0.6 is 0 Å². The maximum atomic E-state index is 14.3. The number of pyridine rings is 1. The molecule has 266 valence electrons. The monoisotopic (exact) mass is 682 g/mol. The van der Waals surface area contributed by atoms with Gasteiger partial charge in [-0.1, -0.05) is 42.5 Å². The van der Waals surface area contributed by atoms with Gasteiger partial charge < -0.3 is 29.3 Å². The Morgan fingerprint density at radius 1 is 0.940 bits per heavy atom. The van der Waals surface area contributed by atoms with Crippen LogP contribution in [0.3, 0.4) is 0 Å². The lowest BCUT2D eigenvalue weighted by Crippen LogP contribution is -2.54. The molecule has 6 rings (SSSR count). The van der Waals surface area contributed by atoms with Gasteiger partial charge in [0.05, 0.1) is 24.1 Å². The second-order valence-corrected chi connectivity index (χ2v) is 14.9. The Morgan fingerprint density at radius 2 is 1.60 bits per heavy atom. The molecule has 0 spiro atoms. The Kier molecular flexibility index (Phi) is 10.8. The SMILES string of the molecule is COCCCCC1(CNC(=O)[C@H]2C[C@@H](C(=O)N(Cc3ccccn3)C3CC3)CN(C(=O)OC(C)(C)C)C2)c2ccccc2Oc2ccccc21. The van der Waals surface area contributed by atoms with E-state index in [9.17, 15) is 14.4 Å². The predicted octanol–water partition coefficient (Wildman–Crippen LogP) is 6.47. The first-order chi connectivity index (χ1) is 24.1. The maximum absolute atomic E-state index is 14.3. The van der Waals surface area contributed by atoms with Crippen molar-refractivity contribution in [2.75, 3.05) is 33.4 Å². The number of hydrogen-bond donors (Lipinski definition) is 1. The number of fused-ring (bicyclic) bond motifs is 2. The topological polar surface area (TPSA) is 110 Å². The van der Waals surface area contributed by atoms with Crippen molar-refractivity contribution in [1.82, 2.24) is 20.1 Å². The number of nitrogens with one attached hydrogen (secondary N) is 1. The zero-order chi connectivity index (χ0) is 35.3. The van der Waals surface area contributed by atoms with Crippen LogP contribution in [0.5, 0.6) is 11.5 Å². The van der Waals surface area contributed by atoms with Gasteiger partial charge in [0.1, 0.15) is 17.1 Å². The number of ether oxygens (including phenoxy) is 3. The van der Waals surface area contributed by atoms with E-state index in [0.29, 0.717) is 26.1 Å². The number of aromatic nitrogens is 1. The summed E-state index contributed by atoms with van der Waals surface area (Å²) in [5.41, 5.74) is 1.60. The largest absolute Gasteiger partial charge is 0.457 e. The Morgan fingerprint density at radius 3 is 2.22 bits per heavy atom. The first kappa shape index (κ1) is 35.4. The van der Waals surface area contributed by atoms with E-state index in [4.69, 9.17) is 14.2 Å². The van der Waals surface area contributed by atoms with Crippen molar-refractivity contribution in [3.05, 3.63) is 89.7 Å². The molecule has 2 fully saturated rings. The number of para-hydroxylation sites is 2. The highest BCUT2D eigenvalue weighted by atomic mass is 16.6. The molecule has 0 radical (unpaired) electrons. The molecule has 10 nitrogen and oxygen atoms in total. The number of carbonyl (C=O) groups is 3. The van der Waals surface area contributed by atoms with Crippen LogP contribution in [0, 0.1) is 11.8 Å². The maximum Gasteiger partial charge on any atom is 0.410 e. The van der Waals surface area contributed by atoms with Gasteiger partial charge in [0.2, 0.25) is 11.8 Å². The number of rotatable bonds is 12. The van der Waals surface area contributed by atoms with Gasteiger partial charge in [-0.2, -0.15) is 0 Å². The molecule has 1 saturated carbocycles. The molecule has 10 heteroatoms. The second-order valence-electron chi connectivity index (χ2n) is 14.9. The summed E-state index contributed by atoms with van der Waals surface area (Å²) in [7, 11) is 1.71. The molecule has 1 N–H and O–H groups in total. The van der Waals surface area contributed by atoms with Crippen LogP contribution in [0.25, 0.3) is 0 Å². The van der Waals surface area contributed by atoms with Crippen LogP contribution in [0.1, 0.15) is 76.1 Å². The van der Waals surface area contributed by atoms with E-state index in [-0.39, 0.29) is 30.9 Å². The van der Waals surface area contributed by atoms with Crippen molar-refractivity contribution in [2.24, 2.45) is 11.8 Å². The van der Waals surface area contributed by atoms with Crippen LogP contribution in [-0.2, 0) is 31.0 Å². The quantitative estimate of drug-likeness (QED) is 0.218. The van der Waals surface area contributed by atoms with Crippen molar-refractivity contribution in [1.29, 1.82) is 0 Å². The predicted molar refractivity (Wildman–Crippen MR) is 190 cm³/mol. The first-order valence-corrected chi connectivity index (χ1v) is 17.9. The van der Waals surface area contributed by atoms with Gasteiger partial charge in [0.25, 0.3) is 0 Å². The molecular weight excluding hydrogens is 632 g/mol. The van der Waals surface area contributed by atoms with E-state index in [0.717, 1.165) is 60.4 Å². The smallest absolute Gasteiger partial charge is 0.410 e. The van der Waals surface area contributed by atoms with Gasteiger partial charge in [0.15, 0.2) is 0 Å². The molecule has 50 heavy (non-hydrogen) atoms. The Labute approximate surface area is 295 Å². The van der Waals surface area contributed by atoms with E-state index in [2.05, 4.69) is 22.4 Å². The lowest BCUT2D eigenvalue weighted by molar-refractivity contribution is -0.140. The second kappa shape index (κ2) is 15.2. The summed E-state index contributed by atoms with van der Waals surface area (Å²) < 4.78 is 17.5. The van der Waals surface area contributed by atoms with Crippen molar-refractivity contribution in [2.45, 2.75) is 82.9 Å². The fourth-order valence-corrected chi connectivity index (χ4v) is 7.39. The van der Waals surface area contributed by atoms with Crippen LogP contribution in [0.4, 0.5) is 4.79 Å². The van der Waals surface area contributed by atoms with E-state index in [1.165, 1.54) is 0 Å². The molecular formula is C40H50N4O6. The number of nitrogens with zero attached hydrogens (tertiary/aromatic N) is 3. The number of hydrogen-bond acceptors (Lipinski definition) is 7. The van der Waals surface area contributed by atoms with Gasteiger partial charge in [-0.25, -0.2) is 4.79 Å². The molecule has 3 amide bonds. The summed E-state index contributed by atoms with van der Waals surface area (Å²) in [6, 6.07) is 21.9. The number of unbranched alkanes of at least 4 members (excludes halogenated alkanes) is 1. The number of benzene rings is 2. The molecule has 2 atom stereocenters. The number of amides is 3. The molecule has 2 aliphatic heterocycles. The zero-order valence-corrected chi connectivity index (χ0v) is 29.7. The molecule has 3 heterocycles.